The molecule has 0 bridgehead atoms. The quantitative estimate of drug-likeness (QED) is 0.857. The zero-order valence-electron chi connectivity index (χ0n) is 13.2. The molecule has 0 radical (unpaired) electrons. The lowest BCUT2D eigenvalue weighted by Crippen LogP contribution is -2.42. The monoisotopic (exact) mass is 278 g/mol. The van der Waals surface area contributed by atoms with E-state index in [0.717, 1.165) is 24.1 Å². The molecule has 1 unspecified atom stereocenters. The first-order chi connectivity index (χ1) is 9.27. The summed E-state index contributed by atoms with van der Waals surface area (Å²) in [6.07, 6.45) is 4.27. The highest BCUT2D eigenvalue weighted by atomic mass is 16.2. The summed E-state index contributed by atoms with van der Waals surface area (Å²) in [6.45, 7) is 9.04. The van der Waals surface area contributed by atoms with Gasteiger partial charge in [0.05, 0.1) is 11.7 Å². The molecule has 20 heavy (non-hydrogen) atoms. The first kappa shape index (κ1) is 15.0. The van der Waals surface area contributed by atoms with Crippen LogP contribution in [-0.2, 0) is 23.8 Å². The molecule has 5 nitrogen and oxygen atoms in total. The van der Waals surface area contributed by atoms with Crippen molar-refractivity contribution in [2.24, 2.45) is 7.05 Å². The first-order valence-corrected chi connectivity index (χ1v) is 7.34. The molecule has 1 aromatic rings. The van der Waals surface area contributed by atoms with Gasteiger partial charge in [-0.15, -0.1) is 0 Å². The summed E-state index contributed by atoms with van der Waals surface area (Å²) in [7, 11) is 1.93. The topological polar surface area (TPSA) is 59.0 Å². The summed E-state index contributed by atoms with van der Waals surface area (Å²) in [5.41, 5.74) is 2.26. The van der Waals surface area contributed by atoms with E-state index < -0.39 is 0 Å². The van der Waals surface area contributed by atoms with Gasteiger partial charge in [-0.1, -0.05) is 20.8 Å². The number of amides is 1. The van der Waals surface area contributed by atoms with Crippen LogP contribution in [0.1, 0.15) is 51.8 Å². The molecule has 1 aromatic heterocycles. The van der Waals surface area contributed by atoms with Gasteiger partial charge in [0.15, 0.2) is 0 Å². The van der Waals surface area contributed by atoms with Gasteiger partial charge in [-0.2, -0.15) is 5.10 Å². The van der Waals surface area contributed by atoms with Crippen molar-refractivity contribution in [1.82, 2.24) is 20.4 Å². The summed E-state index contributed by atoms with van der Waals surface area (Å²) in [6, 6.07) is 0.235. The second-order valence-electron chi connectivity index (χ2n) is 6.81. The zero-order valence-corrected chi connectivity index (χ0v) is 13.2. The Morgan fingerprint density at radius 3 is 2.70 bits per heavy atom. The minimum atomic E-state index is -0.177. The molecule has 1 atom stereocenters. The first-order valence-electron chi connectivity index (χ1n) is 7.34. The van der Waals surface area contributed by atoms with Gasteiger partial charge < -0.3 is 10.6 Å². The van der Waals surface area contributed by atoms with E-state index in [-0.39, 0.29) is 17.4 Å². The van der Waals surface area contributed by atoms with E-state index in [1.165, 1.54) is 0 Å². The summed E-state index contributed by atoms with van der Waals surface area (Å²) in [5.74, 6) is 0.0914. The second kappa shape index (κ2) is 5.56. The van der Waals surface area contributed by atoms with Gasteiger partial charge in [-0.3, -0.25) is 9.48 Å². The molecule has 1 aliphatic carbocycles. The Bertz CT molecular complexity index is 483. The number of hydrogen-bond acceptors (Lipinski definition) is 3. The fourth-order valence-electron chi connectivity index (χ4n) is 2.21. The van der Waals surface area contributed by atoms with E-state index in [0.29, 0.717) is 12.6 Å². The van der Waals surface area contributed by atoms with Crippen LogP contribution in [0.4, 0.5) is 0 Å². The predicted octanol–water partition coefficient (Wildman–Crippen LogP) is 1.47. The third-order valence-corrected chi connectivity index (χ3v) is 3.53. The lowest BCUT2D eigenvalue weighted by Gasteiger charge is -2.19. The molecule has 1 fully saturated rings. The average Bonchev–Trinajstić information content (AvgIpc) is 3.05. The molecule has 1 aliphatic rings. The third-order valence-electron chi connectivity index (χ3n) is 3.53. The number of hydrogen-bond donors (Lipinski definition) is 2. The molecule has 5 heteroatoms. The second-order valence-corrected chi connectivity index (χ2v) is 6.81. The Balaban J connectivity index is 1.94. The molecular weight excluding hydrogens is 252 g/mol. The third kappa shape index (κ3) is 3.82. The van der Waals surface area contributed by atoms with Crippen molar-refractivity contribution < 1.29 is 4.79 Å². The number of nitrogens with one attached hydrogen (secondary N) is 2. The molecule has 0 aromatic carbocycles. The standard InChI is InChI=1S/C15H26N4O/c1-10(14(20)17-12-6-7-12)16-8-11-9-19(5)18-13(11)15(2,3)4/h9-10,12,16H,6-8H2,1-5H3,(H,17,20). The molecule has 2 rings (SSSR count). The fraction of sp³-hybridized carbons (Fsp3) is 0.733. The normalized spacial score (nSPS) is 17.1. The van der Waals surface area contributed by atoms with Gasteiger partial charge in [0, 0.05) is 36.8 Å². The van der Waals surface area contributed by atoms with Crippen molar-refractivity contribution in [3.05, 3.63) is 17.5 Å². The van der Waals surface area contributed by atoms with Crippen molar-refractivity contribution in [3.63, 3.8) is 0 Å². The van der Waals surface area contributed by atoms with Gasteiger partial charge in [0.1, 0.15) is 0 Å². The highest BCUT2D eigenvalue weighted by Crippen LogP contribution is 2.24. The van der Waals surface area contributed by atoms with Crippen LogP contribution in [0.3, 0.4) is 0 Å². The van der Waals surface area contributed by atoms with E-state index in [2.05, 4.69) is 36.5 Å². The molecule has 2 N–H and O–H groups in total. The van der Waals surface area contributed by atoms with Gasteiger partial charge in [-0.25, -0.2) is 0 Å². The summed E-state index contributed by atoms with van der Waals surface area (Å²) in [5, 5.41) is 10.8. The number of aryl methyl sites for hydroxylation is 1. The van der Waals surface area contributed by atoms with Gasteiger partial charge in [-0.05, 0) is 19.8 Å². The van der Waals surface area contributed by atoms with Crippen LogP contribution >= 0.6 is 0 Å². The molecule has 0 saturated heterocycles. The number of aromatic nitrogens is 2. The van der Waals surface area contributed by atoms with Crippen molar-refractivity contribution >= 4 is 5.91 Å². The molecule has 1 heterocycles. The molecule has 112 valence electrons. The predicted molar refractivity (Wildman–Crippen MR) is 79.4 cm³/mol. The van der Waals surface area contributed by atoms with Crippen LogP contribution in [0.5, 0.6) is 0 Å². The van der Waals surface area contributed by atoms with Gasteiger partial charge in [0.25, 0.3) is 0 Å². The Morgan fingerprint density at radius 1 is 1.50 bits per heavy atom. The van der Waals surface area contributed by atoms with Crippen LogP contribution < -0.4 is 10.6 Å². The largest absolute Gasteiger partial charge is 0.352 e. The molecule has 0 aliphatic heterocycles. The number of carbonyl (C=O) groups is 1. The minimum Gasteiger partial charge on any atom is -0.352 e. The number of rotatable bonds is 5. The van der Waals surface area contributed by atoms with Gasteiger partial charge in [0.2, 0.25) is 5.91 Å². The maximum atomic E-state index is 11.9. The van der Waals surface area contributed by atoms with Crippen molar-refractivity contribution in [2.75, 3.05) is 0 Å². The summed E-state index contributed by atoms with van der Waals surface area (Å²) >= 11 is 0. The van der Waals surface area contributed by atoms with Crippen molar-refractivity contribution in [1.29, 1.82) is 0 Å². The zero-order chi connectivity index (χ0) is 14.9. The summed E-state index contributed by atoms with van der Waals surface area (Å²) in [4.78, 5) is 11.9. The molecular formula is C15H26N4O. The Morgan fingerprint density at radius 2 is 2.15 bits per heavy atom. The van der Waals surface area contributed by atoms with Gasteiger partial charge >= 0.3 is 0 Å². The van der Waals surface area contributed by atoms with Crippen LogP contribution in [0.15, 0.2) is 6.20 Å². The van der Waals surface area contributed by atoms with Crippen LogP contribution in [0.2, 0.25) is 0 Å². The molecule has 1 saturated carbocycles. The number of carbonyl (C=O) groups excluding carboxylic acids is 1. The number of nitrogens with zero attached hydrogens (tertiary/aromatic N) is 2. The highest BCUT2D eigenvalue weighted by molar-refractivity contribution is 5.81. The Labute approximate surface area is 121 Å². The minimum absolute atomic E-state index is 0.0117. The fourth-order valence-corrected chi connectivity index (χ4v) is 2.21. The van der Waals surface area contributed by atoms with Crippen LogP contribution in [0, 0.1) is 0 Å². The SMILES string of the molecule is CC(NCc1cn(C)nc1C(C)(C)C)C(=O)NC1CC1. The lowest BCUT2D eigenvalue weighted by atomic mass is 9.89. The maximum absolute atomic E-state index is 11.9. The van der Waals surface area contributed by atoms with Crippen molar-refractivity contribution in [2.45, 2.75) is 64.6 Å². The maximum Gasteiger partial charge on any atom is 0.237 e. The molecule has 1 amide bonds. The van der Waals surface area contributed by atoms with E-state index >= 15 is 0 Å². The summed E-state index contributed by atoms with van der Waals surface area (Å²) < 4.78 is 1.84. The smallest absolute Gasteiger partial charge is 0.237 e. The van der Waals surface area contributed by atoms with Crippen LogP contribution in [-0.4, -0.2) is 27.8 Å². The molecule has 0 spiro atoms. The van der Waals surface area contributed by atoms with E-state index in [9.17, 15) is 4.79 Å². The highest BCUT2D eigenvalue weighted by Gasteiger charge is 2.26. The van der Waals surface area contributed by atoms with Crippen LogP contribution in [0.25, 0.3) is 0 Å². The Kier molecular flexibility index (Phi) is 4.18. The van der Waals surface area contributed by atoms with Crippen molar-refractivity contribution in [3.8, 4) is 0 Å². The van der Waals surface area contributed by atoms with E-state index in [4.69, 9.17) is 0 Å². The Hall–Kier alpha value is -1.36. The lowest BCUT2D eigenvalue weighted by molar-refractivity contribution is -0.122. The average molecular weight is 278 g/mol. The van der Waals surface area contributed by atoms with E-state index in [1.807, 2.05) is 24.9 Å². The van der Waals surface area contributed by atoms with E-state index in [1.54, 1.807) is 0 Å².